The highest BCUT2D eigenvalue weighted by atomic mass is 16.3. The van der Waals surface area contributed by atoms with Crippen molar-refractivity contribution in [1.29, 1.82) is 5.41 Å². The Kier molecular flexibility index (Phi) is 2.51. The van der Waals surface area contributed by atoms with Gasteiger partial charge in [0.15, 0.2) is 0 Å². The second kappa shape index (κ2) is 4.38. The highest BCUT2D eigenvalue weighted by molar-refractivity contribution is 5.79. The lowest BCUT2D eigenvalue weighted by Crippen LogP contribution is -2.20. The second-order valence-corrected chi connectivity index (χ2v) is 5.34. The third-order valence-corrected chi connectivity index (χ3v) is 3.79. The molecule has 3 aromatic rings. The van der Waals surface area contributed by atoms with Gasteiger partial charge in [-0.15, -0.1) is 0 Å². The zero-order chi connectivity index (χ0) is 14.4. The molecule has 0 radical (unpaired) electrons. The van der Waals surface area contributed by atoms with Crippen LogP contribution in [0.5, 0.6) is 0 Å². The smallest absolute Gasteiger partial charge is 0.219 e. The first-order valence-electron chi connectivity index (χ1n) is 6.92. The van der Waals surface area contributed by atoms with Crippen molar-refractivity contribution in [3.63, 3.8) is 0 Å². The SMILES string of the molecule is Cc1ccc2oc(=N)c(C3Nc4ccccc4N3)cc2c1. The molecule has 0 spiro atoms. The molecule has 0 fully saturated rings. The molecule has 3 N–H and O–H groups in total. The molecule has 1 aliphatic rings. The van der Waals surface area contributed by atoms with Crippen LogP contribution in [0.3, 0.4) is 0 Å². The summed E-state index contributed by atoms with van der Waals surface area (Å²) in [5.41, 5.74) is 5.01. The summed E-state index contributed by atoms with van der Waals surface area (Å²) >= 11 is 0. The van der Waals surface area contributed by atoms with Gasteiger partial charge in [0.2, 0.25) is 5.55 Å². The van der Waals surface area contributed by atoms with Crippen molar-refractivity contribution in [2.45, 2.75) is 13.1 Å². The van der Waals surface area contributed by atoms with Gasteiger partial charge in [0.25, 0.3) is 0 Å². The summed E-state index contributed by atoms with van der Waals surface area (Å²) < 4.78 is 5.65. The van der Waals surface area contributed by atoms with Crippen molar-refractivity contribution in [2.24, 2.45) is 0 Å². The van der Waals surface area contributed by atoms with Crippen LogP contribution in [0.15, 0.2) is 52.9 Å². The van der Waals surface area contributed by atoms with E-state index in [1.807, 2.05) is 42.5 Å². The molecule has 2 heterocycles. The van der Waals surface area contributed by atoms with Crippen molar-refractivity contribution in [3.05, 3.63) is 65.2 Å². The fourth-order valence-corrected chi connectivity index (χ4v) is 2.73. The third-order valence-electron chi connectivity index (χ3n) is 3.79. The number of rotatable bonds is 1. The molecule has 0 atom stereocenters. The molecule has 1 aromatic heterocycles. The molecule has 0 unspecified atom stereocenters. The van der Waals surface area contributed by atoms with Crippen molar-refractivity contribution in [3.8, 4) is 0 Å². The molecule has 4 rings (SSSR count). The average Bonchev–Trinajstić information content (AvgIpc) is 2.90. The first kappa shape index (κ1) is 12.0. The molecule has 21 heavy (non-hydrogen) atoms. The third kappa shape index (κ3) is 1.96. The fourth-order valence-electron chi connectivity index (χ4n) is 2.73. The van der Waals surface area contributed by atoms with E-state index in [0.717, 1.165) is 27.9 Å². The van der Waals surface area contributed by atoms with E-state index in [2.05, 4.69) is 23.6 Å². The highest BCUT2D eigenvalue weighted by Crippen LogP contribution is 2.34. The maximum Gasteiger partial charge on any atom is 0.219 e. The summed E-state index contributed by atoms with van der Waals surface area (Å²) in [5.74, 6) is 0. The van der Waals surface area contributed by atoms with Crippen LogP contribution in [-0.4, -0.2) is 0 Å². The zero-order valence-corrected chi connectivity index (χ0v) is 11.6. The summed E-state index contributed by atoms with van der Waals surface area (Å²) in [4.78, 5) is 0. The van der Waals surface area contributed by atoms with Crippen molar-refractivity contribution in [1.82, 2.24) is 0 Å². The van der Waals surface area contributed by atoms with Gasteiger partial charge in [0.05, 0.1) is 16.9 Å². The van der Waals surface area contributed by atoms with E-state index in [-0.39, 0.29) is 11.7 Å². The number of aryl methyl sites for hydroxylation is 1. The lowest BCUT2D eigenvalue weighted by atomic mass is 10.1. The van der Waals surface area contributed by atoms with Gasteiger partial charge in [-0.3, -0.25) is 5.41 Å². The van der Waals surface area contributed by atoms with Crippen molar-refractivity contribution < 1.29 is 4.42 Å². The van der Waals surface area contributed by atoms with E-state index < -0.39 is 0 Å². The molecule has 0 saturated heterocycles. The van der Waals surface area contributed by atoms with Gasteiger partial charge >= 0.3 is 0 Å². The minimum atomic E-state index is -0.136. The van der Waals surface area contributed by atoms with Crippen LogP contribution in [0.25, 0.3) is 11.0 Å². The Morgan fingerprint density at radius 2 is 1.71 bits per heavy atom. The Morgan fingerprint density at radius 1 is 1.00 bits per heavy atom. The van der Waals surface area contributed by atoms with Crippen LogP contribution in [0.1, 0.15) is 17.3 Å². The zero-order valence-electron chi connectivity index (χ0n) is 11.6. The normalized spacial score (nSPS) is 13.8. The lowest BCUT2D eigenvalue weighted by molar-refractivity contribution is 0.519. The summed E-state index contributed by atoms with van der Waals surface area (Å²) in [5, 5.41) is 15.9. The Labute approximate surface area is 121 Å². The van der Waals surface area contributed by atoms with E-state index in [0.29, 0.717) is 0 Å². The first-order valence-corrected chi connectivity index (χ1v) is 6.92. The molecule has 1 aliphatic heterocycles. The number of benzene rings is 2. The van der Waals surface area contributed by atoms with Gasteiger partial charge in [0, 0.05) is 5.39 Å². The molecular weight excluding hydrogens is 262 g/mol. The molecule has 104 valence electrons. The number of hydrogen-bond acceptors (Lipinski definition) is 4. The van der Waals surface area contributed by atoms with Gasteiger partial charge in [0.1, 0.15) is 11.7 Å². The largest absolute Gasteiger partial charge is 0.439 e. The first-order chi connectivity index (χ1) is 10.2. The maximum absolute atomic E-state index is 8.13. The summed E-state index contributed by atoms with van der Waals surface area (Å²) in [6, 6.07) is 16.0. The van der Waals surface area contributed by atoms with Crippen LogP contribution in [0.2, 0.25) is 0 Å². The minimum absolute atomic E-state index is 0.136. The highest BCUT2D eigenvalue weighted by Gasteiger charge is 2.22. The number of nitrogens with one attached hydrogen (secondary N) is 3. The average molecular weight is 277 g/mol. The number of para-hydroxylation sites is 2. The molecular formula is C17H15N3O. The van der Waals surface area contributed by atoms with E-state index in [4.69, 9.17) is 9.83 Å². The molecule has 2 aromatic carbocycles. The van der Waals surface area contributed by atoms with E-state index in [1.54, 1.807) is 0 Å². The van der Waals surface area contributed by atoms with Crippen LogP contribution in [-0.2, 0) is 0 Å². The van der Waals surface area contributed by atoms with Crippen molar-refractivity contribution >= 4 is 22.3 Å². The Balaban J connectivity index is 1.81. The minimum Gasteiger partial charge on any atom is -0.439 e. The number of fused-ring (bicyclic) bond motifs is 2. The quantitative estimate of drug-likeness (QED) is 0.634. The van der Waals surface area contributed by atoms with Crippen LogP contribution < -0.4 is 16.2 Å². The van der Waals surface area contributed by atoms with E-state index >= 15 is 0 Å². The predicted molar refractivity (Wildman–Crippen MR) is 83.2 cm³/mol. The van der Waals surface area contributed by atoms with E-state index in [9.17, 15) is 0 Å². The Morgan fingerprint density at radius 3 is 2.43 bits per heavy atom. The summed E-state index contributed by atoms with van der Waals surface area (Å²) in [6.45, 7) is 2.05. The molecule has 0 saturated carbocycles. The van der Waals surface area contributed by atoms with Gasteiger partial charge in [-0.25, -0.2) is 0 Å². The monoisotopic (exact) mass is 277 g/mol. The van der Waals surface area contributed by atoms with Gasteiger partial charge in [-0.1, -0.05) is 23.8 Å². The molecule has 0 bridgehead atoms. The second-order valence-electron chi connectivity index (χ2n) is 5.34. The molecule has 4 nitrogen and oxygen atoms in total. The Hall–Kier alpha value is -2.75. The van der Waals surface area contributed by atoms with Crippen LogP contribution in [0.4, 0.5) is 11.4 Å². The molecule has 4 heteroatoms. The topological polar surface area (TPSA) is 61.1 Å². The standard InChI is InChI=1S/C17H15N3O/c1-10-6-7-15-11(8-10)9-12(16(18)21-15)17-19-13-4-2-3-5-14(13)20-17/h2-9,17-20H,1H3. The maximum atomic E-state index is 8.13. The predicted octanol–water partition coefficient (Wildman–Crippen LogP) is 3.76. The van der Waals surface area contributed by atoms with Crippen LogP contribution in [0, 0.1) is 12.3 Å². The lowest BCUT2D eigenvalue weighted by Gasteiger charge is -2.13. The van der Waals surface area contributed by atoms with Gasteiger partial charge in [-0.2, -0.15) is 0 Å². The summed E-state index contributed by atoms with van der Waals surface area (Å²) in [6.07, 6.45) is -0.136. The van der Waals surface area contributed by atoms with Crippen LogP contribution >= 0.6 is 0 Å². The fraction of sp³-hybridized carbons (Fsp3) is 0.118. The number of anilines is 2. The summed E-state index contributed by atoms with van der Waals surface area (Å²) in [7, 11) is 0. The van der Waals surface area contributed by atoms with E-state index in [1.165, 1.54) is 5.56 Å². The molecule has 0 amide bonds. The molecule has 0 aliphatic carbocycles. The van der Waals surface area contributed by atoms with Gasteiger partial charge in [-0.05, 0) is 37.3 Å². The number of hydrogen-bond donors (Lipinski definition) is 3. The van der Waals surface area contributed by atoms with Gasteiger partial charge < -0.3 is 15.1 Å². The Bertz CT molecular complexity index is 873. The van der Waals surface area contributed by atoms with Crippen molar-refractivity contribution in [2.75, 3.05) is 10.6 Å².